The van der Waals surface area contributed by atoms with E-state index in [2.05, 4.69) is 44.9 Å². The molecule has 0 saturated carbocycles. The first-order valence-corrected chi connectivity index (χ1v) is 6.66. The van der Waals surface area contributed by atoms with Crippen LogP contribution in [-0.4, -0.2) is 17.0 Å². The van der Waals surface area contributed by atoms with Gasteiger partial charge in [-0.25, -0.2) is 9.97 Å². The highest BCUT2D eigenvalue weighted by atomic mass is 32.1. The third-order valence-corrected chi connectivity index (χ3v) is 4.01. The van der Waals surface area contributed by atoms with Crippen molar-refractivity contribution in [3.05, 3.63) is 59.5 Å². The zero-order valence-electron chi connectivity index (χ0n) is 10.00. The Hall–Kier alpha value is -1.78. The second-order valence-corrected chi connectivity index (χ2v) is 4.99. The van der Waals surface area contributed by atoms with E-state index >= 15 is 0 Å². The maximum Gasteiger partial charge on any atom is 0.115 e. The van der Waals surface area contributed by atoms with E-state index in [1.54, 1.807) is 17.7 Å². The lowest BCUT2D eigenvalue weighted by Gasteiger charge is -2.15. The van der Waals surface area contributed by atoms with Gasteiger partial charge in [0.15, 0.2) is 0 Å². The molecule has 1 atom stereocenters. The summed E-state index contributed by atoms with van der Waals surface area (Å²) in [4.78, 5) is 8.19. The Morgan fingerprint density at radius 3 is 2.72 bits per heavy atom. The molecule has 0 saturated heterocycles. The first-order valence-electron chi connectivity index (χ1n) is 5.78. The smallest absolute Gasteiger partial charge is 0.115 e. The van der Waals surface area contributed by atoms with Gasteiger partial charge >= 0.3 is 0 Å². The van der Waals surface area contributed by atoms with Crippen LogP contribution in [0.25, 0.3) is 10.1 Å². The minimum absolute atomic E-state index is 0.141. The molecule has 0 radical (unpaired) electrons. The van der Waals surface area contributed by atoms with Gasteiger partial charge in [-0.15, -0.1) is 11.3 Å². The predicted octanol–water partition coefficient (Wildman–Crippen LogP) is 3.00. The molecule has 90 valence electrons. The molecule has 2 aromatic heterocycles. The molecule has 0 fully saturated rings. The Kier molecular flexibility index (Phi) is 3.04. The fourth-order valence-electron chi connectivity index (χ4n) is 2.18. The molecular formula is C14H13N3S. The van der Waals surface area contributed by atoms with Crippen LogP contribution < -0.4 is 5.32 Å². The van der Waals surface area contributed by atoms with Gasteiger partial charge in [0, 0.05) is 22.7 Å². The summed E-state index contributed by atoms with van der Waals surface area (Å²) in [5.74, 6) is 0. The first-order chi connectivity index (χ1) is 8.90. The van der Waals surface area contributed by atoms with Crippen molar-refractivity contribution >= 4 is 21.4 Å². The van der Waals surface area contributed by atoms with Crippen LogP contribution in [0.15, 0.2) is 48.4 Å². The van der Waals surface area contributed by atoms with E-state index in [1.807, 2.05) is 19.4 Å². The van der Waals surface area contributed by atoms with Crippen LogP contribution in [0, 0.1) is 0 Å². The van der Waals surface area contributed by atoms with Crippen LogP contribution in [0.2, 0.25) is 0 Å². The van der Waals surface area contributed by atoms with Gasteiger partial charge in [0.2, 0.25) is 0 Å². The molecule has 0 spiro atoms. The van der Waals surface area contributed by atoms with E-state index in [0.717, 1.165) is 5.56 Å². The fourth-order valence-corrected chi connectivity index (χ4v) is 3.17. The Morgan fingerprint density at radius 2 is 1.94 bits per heavy atom. The third-order valence-electron chi connectivity index (χ3n) is 3.02. The van der Waals surface area contributed by atoms with Gasteiger partial charge in [-0.3, -0.25) is 0 Å². The summed E-state index contributed by atoms with van der Waals surface area (Å²) >= 11 is 1.77. The highest BCUT2D eigenvalue weighted by Crippen LogP contribution is 2.32. The van der Waals surface area contributed by atoms with Gasteiger partial charge < -0.3 is 5.32 Å². The number of nitrogens with zero attached hydrogens (tertiary/aromatic N) is 2. The fraction of sp³-hybridized carbons (Fsp3) is 0.143. The number of hydrogen-bond acceptors (Lipinski definition) is 4. The summed E-state index contributed by atoms with van der Waals surface area (Å²) in [6, 6.07) is 8.60. The van der Waals surface area contributed by atoms with E-state index in [-0.39, 0.29) is 6.04 Å². The van der Waals surface area contributed by atoms with Crippen LogP contribution >= 0.6 is 11.3 Å². The molecule has 0 aliphatic carbocycles. The van der Waals surface area contributed by atoms with Crippen LogP contribution in [0.4, 0.5) is 0 Å². The molecule has 2 heterocycles. The van der Waals surface area contributed by atoms with Crippen molar-refractivity contribution in [2.45, 2.75) is 6.04 Å². The number of benzene rings is 1. The lowest BCUT2D eigenvalue weighted by Crippen LogP contribution is -2.17. The standard InChI is InChI=1S/C14H13N3S/c1-15-14(10-6-16-9-17-7-10)12-8-18-13-5-3-2-4-11(12)13/h2-9,14-15H,1H3. The van der Waals surface area contributed by atoms with Crippen molar-refractivity contribution in [3.8, 4) is 0 Å². The lowest BCUT2D eigenvalue weighted by atomic mass is 10.0. The molecule has 0 bridgehead atoms. The predicted molar refractivity (Wildman–Crippen MR) is 74.8 cm³/mol. The van der Waals surface area contributed by atoms with Crippen molar-refractivity contribution in [2.75, 3.05) is 7.05 Å². The van der Waals surface area contributed by atoms with Crippen molar-refractivity contribution in [3.63, 3.8) is 0 Å². The molecule has 0 aliphatic heterocycles. The summed E-state index contributed by atoms with van der Waals surface area (Å²) in [6.45, 7) is 0. The van der Waals surface area contributed by atoms with Gasteiger partial charge in [-0.1, -0.05) is 18.2 Å². The summed E-state index contributed by atoms with van der Waals surface area (Å²) in [7, 11) is 1.96. The zero-order chi connectivity index (χ0) is 12.4. The molecular weight excluding hydrogens is 242 g/mol. The monoisotopic (exact) mass is 255 g/mol. The molecule has 1 N–H and O–H groups in total. The average Bonchev–Trinajstić information content (AvgIpc) is 2.85. The first kappa shape index (κ1) is 11.3. The number of fused-ring (bicyclic) bond motifs is 1. The Balaban J connectivity index is 2.12. The quantitative estimate of drug-likeness (QED) is 0.781. The number of rotatable bonds is 3. The van der Waals surface area contributed by atoms with Gasteiger partial charge in [0.1, 0.15) is 6.33 Å². The van der Waals surface area contributed by atoms with E-state index in [4.69, 9.17) is 0 Å². The topological polar surface area (TPSA) is 37.8 Å². The van der Waals surface area contributed by atoms with Crippen molar-refractivity contribution in [1.29, 1.82) is 0 Å². The molecule has 4 heteroatoms. The normalized spacial score (nSPS) is 12.7. The summed E-state index contributed by atoms with van der Waals surface area (Å²) in [5.41, 5.74) is 2.37. The van der Waals surface area contributed by atoms with Gasteiger partial charge in [0.25, 0.3) is 0 Å². The summed E-state index contributed by atoms with van der Waals surface area (Å²) in [5, 5.41) is 6.84. The van der Waals surface area contributed by atoms with Crippen LogP contribution in [0.1, 0.15) is 17.2 Å². The second-order valence-electron chi connectivity index (χ2n) is 4.08. The Bertz CT molecular complexity index is 648. The molecule has 18 heavy (non-hydrogen) atoms. The summed E-state index contributed by atoms with van der Waals surface area (Å²) in [6.07, 6.45) is 5.28. The van der Waals surface area contributed by atoms with E-state index in [9.17, 15) is 0 Å². The summed E-state index contributed by atoms with van der Waals surface area (Å²) < 4.78 is 1.31. The SMILES string of the molecule is CNC(c1cncnc1)c1csc2ccccc12. The van der Waals surface area contributed by atoms with Crippen molar-refractivity contribution in [1.82, 2.24) is 15.3 Å². The minimum Gasteiger partial charge on any atom is -0.309 e. The average molecular weight is 255 g/mol. The molecule has 1 aromatic carbocycles. The molecule has 1 unspecified atom stereocenters. The minimum atomic E-state index is 0.141. The van der Waals surface area contributed by atoms with E-state index in [0.29, 0.717) is 0 Å². The lowest BCUT2D eigenvalue weighted by molar-refractivity contribution is 0.691. The maximum absolute atomic E-state index is 4.10. The van der Waals surface area contributed by atoms with Crippen molar-refractivity contribution < 1.29 is 0 Å². The van der Waals surface area contributed by atoms with E-state index in [1.165, 1.54) is 15.6 Å². The zero-order valence-corrected chi connectivity index (χ0v) is 10.8. The number of aromatic nitrogens is 2. The Morgan fingerprint density at radius 1 is 1.17 bits per heavy atom. The molecule has 0 amide bonds. The largest absolute Gasteiger partial charge is 0.309 e. The highest BCUT2D eigenvalue weighted by molar-refractivity contribution is 7.17. The van der Waals surface area contributed by atoms with Gasteiger partial charge in [-0.05, 0) is 29.4 Å². The number of thiophene rings is 1. The van der Waals surface area contributed by atoms with Crippen LogP contribution in [0.3, 0.4) is 0 Å². The van der Waals surface area contributed by atoms with Crippen LogP contribution in [-0.2, 0) is 0 Å². The highest BCUT2D eigenvalue weighted by Gasteiger charge is 2.16. The number of nitrogens with one attached hydrogen (secondary N) is 1. The van der Waals surface area contributed by atoms with E-state index < -0.39 is 0 Å². The second kappa shape index (κ2) is 4.84. The molecule has 3 aromatic rings. The molecule has 3 rings (SSSR count). The Labute approximate surface area is 110 Å². The van der Waals surface area contributed by atoms with Gasteiger partial charge in [-0.2, -0.15) is 0 Å². The number of hydrogen-bond donors (Lipinski definition) is 1. The molecule has 3 nitrogen and oxygen atoms in total. The third kappa shape index (κ3) is 1.89. The maximum atomic E-state index is 4.10. The molecule has 0 aliphatic rings. The van der Waals surface area contributed by atoms with Crippen LogP contribution in [0.5, 0.6) is 0 Å². The van der Waals surface area contributed by atoms with Gasteiger partial charge in [0.05, 0.1) is 6.04 Å². The van der Waals surface area contributed by atoms with Crippen molar-refractivity contribution in [2.24, 2.45) is 0 Å².